The molecule has 2 aromatic carbocycles. The Kier molecular flexibility index (Phi) is 7.07. The number of aromatic nitrogens is 2. The molecular formula is C24H28ClN3. The second-order valence-corrected chi connectivity index (χ2v) is 7.40. The van der Waals surface area contributed by atoms with Gasteiger partial charge in [0.25, 0.3) is 0 Å². The molecule has 146 valence electrons. The zero-order chi connectivity index (χ0) is 18.5. The first-order chi connectivity index (χ1) is 13.3. The highest BCUT2D eigenvalue weighted by Crippen LogP contribution is 2.17. The van der Waals surface area contributed by atoms with Gasteiger partial charge in [-0.3, -0.25) is 4.98 Å². The molecule has 3 nitrogen and oxygen atoms in total. The van der Waals surface area contributed by atoms with Gasteiger partial charge in [-0.2, -0.15) is 0 Å². The van der Waals surface area contributed by atoms with Crippen molar-refractivity contribution >= 4 is 34.1 Å². The Morgan fingerprint density at radius 2 is 1.86 bits per heavy atom. The first-order valence-electron chi connectivity index (χ1n) is 9.89. The van der Waals surface area contributed by atoms with E-state index < -0.39 is 0 Å². The number of halogens is 1. The van der Waals surface area contributed by atoms with E-state index in [9.17, 15) is 0 Å². The topological polar surface area (TPSA) is 29.9 Å². The van der Waals surface area contributed by atoms with Gasteiger partial charge in [-0.15, -0.1) is 12.4 Å². The lowest BCUT2D eigenvalue weighted by Crippen LogP contribution is -2.25. The van der Waals surface area contributed by atoms with E-state index in [-0.39, 0.29) is 12.4 Å². The summed E-state index contributed by atoms with van der Waals surface area (Å²) in [4.78, 5) is 4.18. The predicted octanol–water partition coefficient (Wildman–Crippen LogP) is 5.96. The molecule has 0 aliphatic carbocycles. The van der Waals surface area contributed by atoms with Crippen LogP contribution < -0.4 is 5.32 Å². The summed E-state index contributed by atoms with van der Waals surface area (Å²) in [5, 5.41) is 7.46. The number of hydrogen-bond acceptors (Lipinski definition) is 2. The van der Waals surface area contributed by atoms with Crippen LogP contribution in [-0.4, -0.2) is 15.6 Å². The van der Waals surface area contributed by atoms with E-state index in [1.54, 1.807) is 0 Å². The molecule has 2 heterocycles. The highest BCUT2D eigenvalue weighted by atomic mass is 35.5. The standard InChI is InChI=1S/C24H27N3.ClH/c1-19(26-17-20-9-10-23-18-25-13-11-22(23)16-20)6-4-5-14-27-15-12-21-7-2-3-8-24(21)27;/h2-3,7-13,15-16,18-19,26H,4-6,14,17H2,1H3;1H/t19-;/m1./s1. The first kappa shape index (κ1) is 20.4. The lowest BCUT2D eigenvalue weighted by atomic mass is 10.1. The van der Waals surface area contributed by atoms with E-state index in [0.29, 0.717) is 6.04 Å². The number of fused-ring (bicyclic) bond motifs is 2. The summed E-state index contributed by atoms with van der Waals surface area (Å²) >= 11 is 0. The van der Waals surface area contributed by atoms with Gasteiger partial charge >= 0.3 is 0 Å². The molecule has 0 amide bonds. The Bertz CT molecular complexity index is 1020. The van der Waals surface area contributed by atoms with Gasteiger partial charge < -0.3 is 9.88 Å². The number of rotatable bonds is 8. The van der Waals surface area contributed by atoms with Crippen LogP contribution >= 0.6 is 12.4 Å². The van der Waals surface area contributed by atoms with Crippen molar-refractivity contribution in [1.82, 2.24) is 14.9 Å². The van der Waals surface area contributed by atoms with Gasteiger partial charge in [-0.05, 0) is 60.4 Å². The van der Waals surface area contributed by atoms with Crippen LogP contribution in [-0.2, 0) is 13.1 Å². The van der Waals surface area contributed by atoms with Crippen molar-refractivity contribution in [3.63, 3.8) is 0 Å². The fraction of sp³-hybridized carbons (Fsp3) is 0.292. The number of unbranched alkanes of at least 4 members (excludes halogenated alkanes) is 1. The minimum Gasteiger partial charge on any atom is -0.347 e. The van der Waals surface area contributed by atoms with Crippen molar-refractivity contribution < 1.29 is 0 Å². The van der Waals surface area contributed by atoms with Crippen LogP contribution in [0.5, 0.6) is 0 Å². The Balaban J connectivity index is 0.00000225. The minimum absolute atomic E-state index is 0. The van der Waals surface area contributed by atoms with Crippen LogP contribution in [0.4, 0.5) is 0 Å². The Morgan fingerprint density at radius 3 is 2.79 bits per heavy atom. The quantitative estimate of drug-likeness (QED) is 0.374. The Labute approximate surface area is 173 Å². The molecule has 0 saturated carbocycles. The minimum atomic E-state index is 0. The zero-order valence-corrected chi connectivity index (χ0v) is 17.2. The number of nitrogens with one attached hydrogen (secondary N) is 1. The molecule has 1 atom stereocenters. The Hall–Kier alpha value is -2.36. The second kappa shape index (κ2) is 9.72. The fourth-order valence-electron chi connectivity index (χ4n) is 3.71. The van der Waals surface area contributed by atoms with Crippen molar-refractivity contribution in [3.05, 3.63) is 78.8 Å². The molecule has 0 radical (unpaired) electrons. The van der Waals surface area contributed by atoms with Crippen LogP contribution in [0.2, 0.25) is 0 Å². The molecule has 0 spiro atoms. The highest BCUT2D eigenvalue weighted by Gasteiger charge is 2.04. The maximum absolute atomic E-state index is 4.18. The number of pyridine rings is 1. The molecule has 0 bridgehead atoms. The second-order valence-electron chi connectivity index (χ2n) is 7.40. The third-order valence-corrected chi connectivity index (χ3v) is 5.33. The SMILES string of the molecule is C[C@H](CCCCn1ccc2ccccc21)NCc1ccc2cnccc2c1.Cl. The van der Waals surface area contributed by atoms with Gasteiger partial charge in [0, 0.05) is 48.6 Å². The highest BCUT2D eigenvalue weighted by molar-refractivity contribution is 5.85. The molecule has 28 heavy (non-hydrogen) atoms. The van der Waals surface area contributed by atoms with E-state index in [1.807, 2.05) is 12.4 Å². The molecule has 0 fully saturated rings. The lowest BCUT2D eigenvalue weighted by Gasteiger charge is -2.14. The van der Waals surface area contributed by atoms with Gasteiger partial charge in [0.05, 0.1) is 0 Å². The molecule has 4 heteroatoms. The number of benzene rings is 2. The summed E-state index contributed by atoms with van der Waals surface area (Å²) < 4.78 is 2.37. The number of para-hydroxylation sites is 1. The van der Waals surface area contributed by atoms with Crippen molar-refractivity contribution in [2.45, 2.75) is 45.3 Å². The largest absolute Gasteiger partial charge is 0.347 e. The molecule has 0 saturated heterocycles. The van der Waals surface area contributed by atoms with Crippen LogP contribution in [0.15, 0.2) is 73.2 Å². The lowest BCUT2D eigenvalue weighted by molar-refractivity contribution is 0.477. The van der Waals surface area contributed by atoms with Crippen molar-refractivity contribution in [2.24, 2.45) is 0 Å². The predicted molar refractivity (Wildman–Crippen MR) is 121 cm³/mol. The van der Waals surface area contributed by atoms with Crippen molar-refractivity contribution in [2.75, 3.05) is 0 Å². The monoisotopic (exact) mass is 393 g/mol. The average Bonchev–Trinajstić information content (AvgIpc) is 3.13. The van der Waals surface area contributed by atoms with E-state index in [0.717, 1.165) is 13.1 Å². The molecule has 0 aliphatic heterocycles. The summed E-state index contributed by atoms with van der Waals surface area (Å²) in [6, 6.07) is 20.0. The average molecular weight is 394 g/mol. The first-order valence-corrected chi connectivity index (χ1v) is 9.89. The summed E-state index contributed by atoms with van der Waals surface area (Å²) in [5.41, 5.74) is 2.68. The normalized spacial score (nSPS) is 12.2. The Morgan fingerprint density at radius 1 is 0.964 bits per heavy atom. The van der Waals surface area contributed by atoms with E-state index in [2.05, 4.69) is 82.6 Å². The van der Waals surface area contributed by atoms with Crippen LogP contribution in [0, 0.1) is 0 Å². The van der Waals surface area contributed by atoms with Gasteiger partial charge in [0.1, 0.15) is 0 Å². The molecule has 0 unspecified atom stereocenters. The van der Waals surface area contributed by atoms with Gasteiger partial charge in [-0.25, -0.2) is 0 Å². The molecule has 1 N–H and O–H groups in total. The zero-order valence-electron chi connectivity index (χ0n) is 16.3. The number of nitrogens with zero attached hydrogens (tertiary/aromatic N) is 2. The van der Waals surface area contributed by atoms with E-state index in [1.165, 1.54) is 46.5 Å². The summed E-state index contributed by atoms with van der Waals surface area (Å²) in [6.45, 7) is 4.30. The molecule has 2 aromatic heterocycles. The molecular weight excluding hydrogens is 366 g/mol. The summed E-state index contributed by atoms with van der Waals surface area (Å²) in [7, 11) is 0. The third kappa shape index (κ3) is 4.92. The summed E-state index contributed by atoms with van der Waals surface area (Å²) in [5.74, 6) is 0. The maximum atomic E-state index is 4.18. The van der Waals surface area contributed by atoms with E-state index in [4.69, 9.17) is 0 Å². The number of hydrogen-bond donors (Lipinski definition) is 1. The van der Waals surface area contributed by atoms with Crippen LogP contribution in [0.25, 0.3) is 21.7 Å². The molecule has 4 rings (SSSR count). The smallest absolute Gasteiger partial charge is 0.0480 e. The fourth-order valence-corrected chi connectivity index (χ4v) is 3.71. The van der Waals surface area contributed by atoms with E-state index >= 15 is 0 Å². The van der Waals surface area contributed by atoms with Gasteiger partial charge in [0.2, 0.25) is 0 Å². The maximum Gasteiger partial charge on any atom is 0.0480 e. The van der Waals surface area contributed by atoms with Crippen LogP contribution in [0.3, 0.4) is 0 Å². The summed E-state index contributed by atoms with van der Waals surface area (Å²) in [6.07, 6.45) is 9.65. The third-order valence-electron chi connectivity index (χ3n) is 5.33. The molecule has 4 aromatic rings. The van der Waals surface area contributed by atoms with Crippen molar-refractivity contribution in [3.8, 4) is 0 Å². The van der Waals surface area contributed by atoms with Crippen LogP contribution in [0.1, 0.15) is 31.7 Å². The van der Waals surface area contributed by atoms with Gasteiger partial charge in [-0.1, -0.05) is 36.8 Å². The van der Waals surface area contributed by atoms with Gasteiger partial charge in [0.15, 0.2) is 0 Å². The molecule has 0 aliphatic rings. The number of aryl methyl sites for hydroxylation is 1. The van der Waals surface area contributed by atoms with Crippen molar-refractivity contribution in [1.29, 1.82) is 0 Å².